The van der Waals surface area contributed by atoms with Crippen molar-refractivity contribution in [2.24, 2.45) is 0 Å². The van der Waals surface area contributed by atoms with E-state index in [1.165, 1.54) is 17.9 Å². The zero-order valence-corrected chi connectivity index (χ0v) is 12.7. The lowest BCUT2D eigenvalue weighted by Crippen LogP contribution is -2.20. The molecule has 0 fully saturated rings. The number of benzene rings is 1. The maximum Gasteiger partial charge on any atom is 0.357 e. The van der Waals surface area contributed by atoms with Gasteiger partial charge in [0.05, 0.1) is 24.0 Å². The van der Waals surface area contributed by atoms with Crippen LogP contribution in [0.4, 0.5) is 15.8 Å². The summed E-state index contributed by atoms with van der Waals surface area (Å²) in [4.78, 5) is 23.4. The SMILES string of the molecule is COC(=O)c1c(N)c(C#N)cn1-c1cc(F)c2c(c1)CCC(=O)N2. The molecule has 1 aliphatic heterocycles. The number of aryl methyl sites for hydroxylation is 1. The van der Waals surface area contributed by atoms with E-state index >= 15 is 0 Å². The van der Waals surface area contributed by atoms with Crippen LogP contribution in [0.2, 0.25) is 0 Å². The number of amides is 1. The second kappa shape index (κ2) is 5.70. The zero-order valence-electron chi connectivity index (χ0n) is 12.7. The Morgan fingerprint density at radius 1 is 1.46 bits per heavy atom. The number of ether oxygens (including phenoxy) is 1. The first-order valence-electron chi connectivity index (χ1n) is 7.08. The molecule has 0 saturated heterocycles. The summed E-state index contributed by atoms with van der Waals surface area (Å²) in [6.45, 7) is 0. The summed E-state index contributed by atoms with van der Waals surface area (Å²) in [6, 6.07) is 4.69. The van der Waals surface area contributed by atoms with Crippen LogP contribution in [-0.2, 0) is 16.0 Å². The number of methoxy groups -OCH3 is 1. The van der Waals surface area contributed by atoms with Gasteiger partial charge in [-0.1, -0.05) is 0 Å². The molecule has 3 rings (SSSR count). The number of nitrogens with two attached hydrogens (primary N) is 1. The van der Waals surface area contributed by atoms with Crippen LogP contribution >= 0.6 is 0 Å². The zero-order chi connectivity index (χ0) is 17.4. The number of nitriles is 1. The first-order chi connectivity index (χ1) is 11.5. The fourth-order valence-electron chi connectivity index (χ4n) is 2.69. The van der Waals surface area contributed by atoms with Crippen LogP contribution < -0.4 is 11.1 Å². The summed E-state index contributed by atoms with van der Waals surface area (Å²) in [5.74, 6) is -1.61. The smallest absolute Gasteiger partial charge is 0.357 e. The van der Waals surface area contributed by atoms with Crippen LogP contribution in [0.1, 0.15) is 28.0 Å². The first-order valence-corrected chi connectivity index (χ1v) is 7.08. The van der Waals surface area contributed by atoms with E-state index in [0.717, 1.165) is 6.07 Å². The Bertz CT molecular complexity index is 911. The highest BCUT2D eigenvalue weighted by Gasteiger charge is 2.24. The van der Waals surface area contributed by atoms with Gasteiger partial charge in [0.15, 0.2) is 5.69 Å². The number of hydrogen-bond donors (Lipinski definition) is 2. The highest BCUT2D eigenvalue weighted by atomic mass is 19.1. The summed E-state index contributed by atoms with van der Waals surface area (Å²) < 4.78 is 20.4. The van der Waals surface area contributed by atoms with Crippen molar-refractivity contribution in [3.05, 3.63) is 41.0 Å². The van der Waals surface area contributed by atoms with Crippen LogP contribution in [0.3, 0.4) is 0 Å². The molecule has 1 amide bonds. The van der Waals surface area contributed by atoms with E-state index < -0.39 is 11.8 Å². The number of aromatic nitrogens is 1. The standard InChI is InChI=1S/C16H13FN4O3/c1-24-16(23)15-13(19)9(6-18)7-21(15)10-4-8-2-3-12(22)20-14(8)11(17)5-10/h4-5,7H,2-3,19H2,1H3,(H,20,22). The molecule has 2 aromatic rings. The Labute approximate surface area is 136 Å². The quantitative estimate of drug-likeness (QED) is 0.816. The lowest BCUT2D eigenvalue weighted by molar-refractivity contribution is -0.116. The maximum absolute atomic E-state index is 14.4. The number of esters is 1. The molecule has 1 aromatic carbocycles. The van der Waals surface area contributed by atoms with Crippen LogP contribution in [-0.4, -0.2) is 23.6 Å². The molecule has 0 radical (unpaired) electrons. The molecular weight excluding hydrogens is 315 g/mol. The lowest BCUT2D eigenvalue weighted by atomic mass is 10.0. The van der Waals surface area contributed by atoms with E-state index in [2.05, 4.69) is 5.32 Å². The molecule has 2 heterocycles. The van der Waals surface area contributed by atoms with Gasteiger partial charge in [-0.3, -0.25) is 4.79 Å². The number of carbonyl (C=O) groups excluding carboxylic acids is 2. The van der Waals surface area contributed by atoms with Crippen molar-refractivity contribution in [1.29, 1.82) is 5.26 Å². The predicted molar refractivity (Wildman–Crippen MR) is 83.1 cm³/mol. The van der Waals surface area contributed by atoms with Gasteiger partial charge in [-0.15, -0.1) is 0 Å². The summed E-state index contributed by atoms with van der Waals surface area (Å²) in [7, 11) is 1.19. The van der Waals surface area contributed by atoms with Gasteiger partial charge in [-0.2, -0.15) is 5.26 Å². The molecular formula is C16H13FN4O3. The Kier molecular flexibility index (Phi) is 3.69. The van der Waals surface area contributed by atoms with Crippen LogP contribution in [0.25, 0.3) is 5.69 Å². The number of anilines is 2. The van der Waals surface area contributed by atoms with Crippen molar-refractivity contribution in [2.75, 3.05) is 18.2 Å². The molecule has 3 N–H and O–H groups in total. The number of halogens is 1. The Morgan fingerprint density at radius 3 is 2.88 bits per heavy atom. The minimum atomic E-state index is -0.736. The minimum absolute atomic E-state index is 0.0317. The highest BCUT2D eigenvalue weighted by Crippen LogP contribution is 2.31. The van der Waals surface area contributed by atoms with Gasteiger partial charge in [0, 0.05) is 24.4 Å². The molecule has 0 saturated carbocycles. The highest BCUT2D eigenvalue weighted by molar-refractivity contribution is 5.96. The average Bonchev–Trinajstić information content (AvgIpc) is 2.91. The molecule has 1 aliphatic rings. The summed E-state index contributed by atoms with van der Waals surface area (Å²) in [5.41, 5.74) is 6.89. The molecule has 0 unspecified atom stereocenters. The van der Waals surface area contributed by atoms with E-state index in [-0.39, 0.29) is 35.0 Å². The normalized spacial score (nSPS) is 13.0. The predicted octanol–water partition coefficient (Wildman–Crippen LogP) is 1.74. The third-order valence-electron chi connectivity index (χ3n) is 3.86. The number of nitrogens with one attached hydrogen (secondary N) is 1. The van der Waals surface area contributed by atoms with Crippen molar-refractivity contribution in [3.63, 3.8) is 0 Å². The number of nitrogen functional groups attached to an aromatic ring is 1. The molecule has 24 heavy (non-hydrogen) atoms. The third-order valence-corrected chi connectivity index (χ3v) is 3.86. The number of nitrogens with zero attached hydrogens (tertiary/aromatic N) is 2. The van der Waals surface area contributed by atoms with Crippen molar-refractivity contribution in [3.8, 4) is 11.8 Å². The Balaban J connectivity index is 2.20. The van der Waals surface area contributed by atoms with E-state index in [4.69, 9.17) is 15.7 Å². The van der Waals surface area contributed by atoms with Gasteiger partial charge in [0.25, 0.3) is 0 Å². The van der Waals surface area contributed by atoms with Crippen LogP contribution in [0.15, 0.2) is 18.3 Å². The molecule has 0 spiro atoms. The van der Waals surface area contributed by atoms with Crippen LogP contribution in [0.5, 0.6) is 0 Å². The summed E-state index contributed by atoms with van der Waals surface area (Å²) in [5, 5.41) is 11.6. The van der Waals surface area contributed by atoms with Crippen molar-refractivity contribution in [1.82, 2.24) is 4.57 Å². The second-order valence-electron chi connectivity index (χ2n) is 5.29. The topological polar surface area (TPSA) is 110 Å². The van der Waals surface area contributed by atoms with Gasteiger partial charge in [-0.05, 0) is 18.1 Å². The molecule has 8 heteroatoms. The van der Waals surface area contributed by atoms with Gasteiger partial charge >= 0.3 is 5.97 Å². The molecule has 0 atom stereocenters. The average molecular weight is 328 g/mol. The van der Waals surface area contributed by atoms with Gasteiger partial charge in [0.2, 0.25) is 5.91 Å². The fraction of sp³-hybridized carbons (Fsp3) is 0.188. The van der Waals surface area contributed by atoms with E-state index in [9.17, 15) is 14.0 Å². The number of rotatable bonds is 2. The van der Waals surface area contributed by atoms with E-state index in [0.29, 0.717) is 17.7 Å². The Morgan fingerprint density at radius 2 is 2.21 bits per heavy atom. The van der Waals surface area contributed by atoms with Crippen molar-refractivity contribution < 1.29 is 18.7 Å². The monoisotopic (exact) mass is 328 g/mol. The molecule has 1 aromatic heterocycles. The van der Waals surface area contributed by atoms with E-state index in [1.54, 1.807) is 6.07 Å². The van der Waals surface area contributed by atoms with Crippen LogP contribution in [0, 0.1) is 17.1 Å². The summed E-state index contributed by atoms with van der Waals surface area (Å²) in [6.07, 6.45) is 1.97. The number of carbonyl (C=O) groups is 2. The molecule has 122 valence electrons. The molecule has 0 aliphatic carbocycles. The fourth-order valence-corrected chi connectivity index (χ4v) is 2.69. The maximum atomic E-state index is 14.4. The van der Waals surface area contributed by atoms with Crippen molar-refractivity contribution in [2.45, 2.75) is 12.8 Å². The number of hydrogen-bond acceptors (Lipinski definition) is 5. The van der Waals surface area contributed by atoms with E-state index in [1.807, 2.05) is 6.07 Å². The summed E-state index contributed by atoms with van der Waals surface area (Å²) >= 11 is 0. The third kappa shape index (κ3) is 2.36. The molecule has 0 bridgehead atoms. The first kappa shape index (κ1) is 15.6. The Hall–Kier alpha value is -3.34. The van der Waals surface area contributed by atoms with Gasteiger partial charge < -0.3 is 20.4 Å². The minimum Gasteiger partial charge on any atom is -0.464 e. The number of fused-ring (bicyclic) bond motifs is 1. The largest absolute Gasteiger partial charge is 0.464 e. The lowest BCUT2D eigenvalue weighted by Gasteiger charge is -2.19. The van der Waals surface area contributed by atoms with Gasteiger partial charge in [-0.25, -0.2) is 9.18 Å². The van der Waals surface area contributed by atoms with Crippen molar-refractivity contribution >= 4 is 23.3 Å². The molecule has 7 nitrogen and oxygen atoms in total. The second-order valence-corrected chi connectivity index (χ2v) is 5.29. The van der Waals surface area contributed by atoms with Gasteiger partial charge in [0.1, 0.15) is 11.9 Å².